The smallest absolute Gasteiger partial charge is 0.338 e. The molecule has 5 heteroatoms. The van der Waals surface area contributed by atoms with Crippen molar-refractivity contribution in [2.45, 2.75) is 27.7 Å². The van der Waals surface area contributed by atoms with Crippen molar-refractivity contribution in [3.63, 3.8) is 0 Å². The van der Waals surface area contributed by atoms with E-state index in [2.05, 4.69) is 5.32 Å². The number of hydrogen-bond acceptors (Lipinski definition) is 4. The van der Waals surface area contributed by atoms with Gasteiger partial charge in [0.2, 0.25) is 0 Å². The molecule has 0 aliphatic heterocycles. The minimum absolute atomic E-state index is 0.158. The fraction of sp³-hybridized carbons (Fsp3) is 0.286. The number of esters is 1. The predicted octanol–water partition coefficient (Wildman–Crippen LogP) is 4.02. The van der Waals surface area contributed by atoms with E-state index in [0.29, 0.717) is 11.3 Å². The largest absolute Gasteiger partial charge is 0.454 e. The highest BCUT2D eigenvalue weighted by Gasteiger charge is 2.22. The average molecular weight is 353 g/mol. The lowest BCUT2D eigenvalue weighted by molar-refractivity contribution is -0.129. The molecule has 26 heavy (non-hydrogen) atoms. The van der Waals surface area contributed by atoms with Crippen LogP contribution in [-0.2, 0) is 9.53 Å². The predicted molar refractivity (Wildman–Crippen MR) is 100 cm³/mol. The molecular weight excluding hydrogens is 330 g/mol. The molecule has 2 aromatic rings. The molecule has 0 unspecified atom stereocenters. The second kappa shape index (κ2) is 7.95. The van der Waals surface area contributed by atoms with E-state index in [1.807, 2.05) is 19.1 Å². The number of ether oxygens (including phenoxy) is 1. The van der Waals surface area contributed by atoms with Crippen molar-refractivity contribution in [3.8, 4) is 0 Å². The molecule has 0 heterocycles. The van der Waals surface area contributed by atoms with Gasteiger partial charge < -0.3 is 10.1 Å². The van der Waals surface area contributed by atoms with Gasteiger partial charge in [0.25, 0.3) is 5.91 Å². The molecule has 0 bridgehead atoms. The Hall–Kier alpha value is -2.95. The van der Waals surface area contributed by atoms with Crippen LogP contribution in [0.3, 0.4) is 0 Å². The Balaban J connectivity index is 2.03. The molecule has 2 aromatic carbocycles. The number of aryl methyl sites for hydroxylation is 1. The first-order valence-corrected chi connectivity index (χ1v) is 8.35. The van der Waals surface area contributed by atoms with E-state index < -0.39 is 11.4 Å². The second-order valence-corrected chi connectivity index (χ2v) is 7.15. The average Bonchev–Trinajstić information content (AvgIpc) is 2.59. The molecule has 0 saturated carbocycles. The van der Waals surface area contributed by atoms with Crippen molar-refractivity contribution in [3.05, 3.63) is 65.2 Å². The van der Waals surface area contributed by atoms with Gasteiger partial charge in [-0.05, 0) is 37.3 Å². The molecule has 136 valence electrons. The lowest BCUT2D eigenvalue weighted by Crippen LogP contribution is -2.26. The van der Waals surface area contributed by atoms with Gasteiger partial charge in [-0.25, -0.2) is 4.79 Å². The highest BCUT2D eigenvalue weighted by Crippen LogP contribution is 2.16. The van der Waals surface area contributed by atoms with Gasteiger partial charge in [0, 0.05) is 16.7 Å². The van der Waals surface area contributed by atoms with Gasteiger partial charge in [-0.15, -0.1) is 0 Å². The van der Waals surface area contributed by atoms with Crippen LogP contribution in [0.4, 0.5) is 5.69 Å². The zero-order valence-electron chi connectivity index (χ0n) is 15.5. The highest BCUT2D eigenvalue weighted by atomic mass is 16.5. The van der Waals surface area contributed by atoms with Gasteiger partial charge in [-0.3, -0.25) is 9.59 Å². The minimum atomic E-state index is -0.603. The molecule has 2 rings (SSSR count). The molecule has 0 atom stereocenters. The van der Waals surface area contributed by atoms with Gasteiger partial charge in [0.15, 0.2) is 12.4 Å². The lowest BCUT2D eigenvalue weighted by atomic mass is 9.91. The van der Waals surface area contributed by atoms with Crippen LogP contribution in [0.15, 0.2) is 48.5 Å². The van der Waals surface area contributed by atoms with Crippen LogP contribution in [0.25, 0.3) is 0 Å². The third-order valence-corrected chi connectivity index (χ3v) is 3.84. The fourth-order valence-electron chi connectivity index (χ4n) is 2.06. The Labute approximate surface area is 153 Å². The van der Waals surface area contributed by atoms with Crippen LogP contribution in [-0.4, -0.2) is 24.3 Å². The normalized spacial score (nSPS) is 10.9. The van der Waals surface area contributed by atoms with E-state index in [0.717, 1.165) is 5.56 Å². The van der Waals surface area contributed by atoms with Crippen LogP contribution < -0.4 is 5.32 Å². The van der Waals surface area contributed by atoms with Crippen molar-refractivity contribution in [1.82, 2.24) is 0 Å². The monoisotopic (exact) mass is 353 g/mol. The number of benzene rings is 2. The van der Waals surface area contributed by atoms with E-state index in [9.17, 15) is 14.4 Å². The Morgan fingerprint density at radius 3 is 2.23 bits per heavy atom. The summed E-state index contributed by atoms with van der Waals surface area (Å²) in [5.74, 6) is -1.03. The van der Waals surface area contributed by atoms with E-state index in [1.54, 1.807) is 51.1 Å². The number of amides is 1. The summed E-state index contributed by atoms with van der Waals surface area (Å²) < 4.78 is 5.07. The van der Waals surface area contributed by atoms with Crippen LogP contribution in [0, 0.1) is 12.3 Å². The molecule has 0 aliphatic rings. The Morgan fingerprint density at radius 1 is 0.962 bits per heavy atom. The molecule has 5 nitrogen and oxygen atoms in total. The minimum Gasteiger partial charge on any atom is -0.454 e. The second-order valence-electron chi connectivity index (χ2n) is 7.15. The first kappa shape index (κ1) is 19.4. The summed E-state index contributed by atoms with van der Waals surface area (Å²) in [5, 5.41) is 2.75. The van der Waals surface area contributed by atoms with Crippen LogP contribution in [0.1, 0.15) is 47.1 Å². The maximum absolute atomic E-state index is 12.3. The number of nitrogens with one attached hydrogen (secondary N) is 1. The summed E-state index contributed by atoms with van der Waals surface area (Å²) in [5.41, 5.74) is 1.78. The molecule has 0 fully saturated rings. The highest BCUT2D eigenvalue weighted by molar-refractivity contribution is 6.05. The zero-order valence-corrected chi connectivity index (χ0v) is 15.5. The number of Topliss-reactive ketones (excluding diaryl/α,β-unsaturated/α-hetero) is 1. The standard InChI is InChI=1S/C21H23NO4/c1-14-8-10-15(11-9-14)19(24)22-17-7-5-6-16(12-17)20(25)26-13-18(23)21(2,3)4/h5-12H,13H2,1-4H3,(H,22,24). The van der Waals surface area contributed by atoms with Crippen LogP contribution in [0.5, 0.6) is 0 Å². The van der Waals surface area contributed by atoms with Crippen molar-refractivity contribution >= 4 is 23.3 Å². The molecule has 1 amide bonds. The summed E-state index contributed by atoms with van der Waals surface area (Å²) in [4.78, 5) is 36.3. The maximum atomic E-state index is 12.3. The van der Waals surface area contributed by atoms with Crippen molar-refractivity contribution in [2.75, 3.05) is 11.9 Å². The van der Waals surface area contributed by atoms with E-state index >= 15 is 0 Å². The molecule has 0 spiro atoms. The zero-order chi connectivity index (χ0) is 19.3. The molecular formula is C21H23NO4. The van der Waals surface area contributed by atoms with Gasteiger partial charge in [-0.2, -0.15) is 0 Å². The molecule has 0 saturated heterocycles. The Kier molecular flexibility index (Phi) is 5.93. The quantitative estimate of drug-likeness (QED) is 0.824. The SMILES string of the molecule is Cc1ccc(C(=O)Nc2cccc(C(=O)OCC(=O)C(C)(C)C)c2)cc1. The number of carbonyl (C=O) groups excluding carboxylic acids is 3. The Bertz CT molecular complexity index is 817. The number of hydrogen-bond donors (Lipinski definition) is 1. The van der Waals surface area contributed by atoms with Crippen molar-refractivity contribution in [2.24, 2.45) is 5.41 Å². The van der Waals surface area contributed by atoms with Gasteiger partial charge in [0.05, 0.1) is 5.56 Å². The third kappa shape index (κ3) is 5.28. The van der Waals surface area contributed by atoms with E-state index in [-0.39, 0.29) is 23.9 Å². The number of ketones is 1. The number of rotatable bonds is 5. The maximum Gasteiger partial charge on any atom is 0.338 e. The van der Waals surface area contributed by atoms with Gasteiger partial charge in [0.1, 0.15) is 0 Å². The topological polar surface area (TPSA) is 72.5 Å². The molecule has 0 radical (unpaired) electrons. The van der Waals surface area contributed by atoms with Gasteiger partial charge in [-0.1, -0.05) is 44.5 Å². The third-order valence-electron chi connectivity index (χ3n) is 3.84. The van der Waals surface area contributed by atoms with Crippen LogP contribution in [0.2, 0.25) is 0 Å². The van der Waals surface area contributed by atoms with Gasteiger partial charge >= 0.3 is 5.97 Å². The summed E-state index contributed by atoms with van der Waals surface area (Å²) in [6.07, 6.45) is 0. The number of carbonyl (C=O) groups is 3. The first-order chi connectivity index (χ1) is 12.2. The molecule has 0 aliphatic carbocycles. The summed E-state index contributed by atoms with van der Waals surface area (Å²) in [6, 6.07) is 13.6. The van der Waals surface area contributed by atoms with Crippen molar-refractivity contribution < 1.29 is 19.1 Å². The summed E-state index contributed by atoms with van der Waals surface area (Å²) >= 11 is 0. The van der Waals surface area contributed by atoms with Crippen molar-refractivity contribution in [1.29, 1.82) is 0 Å². The number of anilines is 1. The summed E-state index contributed by atoms with van der Waals surface area (Å²) in [7, 11) is 0. The first-order valence-electron chi connectivity index (χ1n) is 8.35. The summed E-state index contributed by atoms with van der Waals surface area (Å²) in [6.45, 7) is 6.97. The lowest BCUT2D eigenvalue weighted by Gasteiger charge is -2.16. The molecule has 0 aromatic heterocycles. The van der Waals surface area contributed by atoms with E-state index in [4.69, 9.17) is 4.74 Å². The fourth-order valence-corrected chi connectivity index (χ4v) is 2.06. The van der Waals surface area contributed by atoms with Crippen LogP contribution >= 0.6 is 0 Å². The molecule has 1 N–H and O–H groups in total. The Morgan fingerprint density at radius 2 is 1.62 bits per heavy atom. The van der Waals surface area contributed by atoms with E-state index in [1.165, 1.54) is 6.07 Å².